The molecule has 1 fully saturated rings. The summed E-state index contributed by atoms with van der Waals surface area (Å²) in [5, 5.41) is 3.30. The second-order valence-electron chi connectivity index (χ2n) is 7.05. The highest BCUT2D eigenvalue weighted by Gasteiger charge is 2.27. The Balaban J connectivity index is 1.55. The molecule has 2 aromatic carbocycles. The number of hydrogen-bond donors (Lipinski definition) is 1. The van der Waals surface area contributed by atoms with Gasteiger partial charge in [0.25, 0.3) is 0 Å². The third kappa shape index (κ3) is 6.14. The number of benzene rings is 2. The van der Waals surface area contributed by atoms with Crippen molar-refractivity contribution in [2.24, 2.45) is 4.36 Å². The van der Waals surface area contributed by atoms with Crippen molar-refractivity contribution in [1.29, 1.82) is 0 Å². The van der Waals surface area contributed by atoms with E-state index in [9.17, 15) is 13.2 Å². The van der Waals surface area contributed by atoms with E-state index in [2.05, 4.69) is 16.6 Å². The average molecular weight is 468 g/mol. The fourth-order valence-electron chi connectivity index (χ4n) is 3.11. The first kappa shape index (κ1) is 22.9. The number of urea groups is 1. The molecule has 2 aromatic rings. The third-order valence-electron chi connectivity index (χ3n) is 4.84. The largest absolute Gasteiger partial charge is 0.351 e. The highest BCUT2D eigenvalue weighted by molar-refractivity contribution is 7.90. The first-order valence-corrected chi connectivity index (χ1v) is 13.3. The maximum absolute atomic E-state index is 12.7. The van der Waals surface area contributed by atoms with E-state index >= 15 is 0 Å². The smallest absolute Gasteiger partial charge is 0.306 e. The van der Waals surface area contributed by atoms with Gasteiger partial charge in [0.15, 0.2) is 0 Å². The van der Waals surface area contributed by atoms with E-state index in [1.807, 2.05) is 24.3 Å². The van der Waals surface area contributed by atoms with Crippen molar-refractivity contribution in [3.05, 3.63) is 59.1 Å². The molecule has 1 aliphatic heterocycles. The number of anilines is 1. The minimum Gasteiger partial charge on any atom is -0.306 e. The van der Waals surface area contributed by atoms with E-state index in [-0.39, 0.29) is 10.9 Å². The summed E-state index contributed by atoms with van der Waals surface area (Å²) in [5.74, 6) is 1.08. The zero-order valence-electron chi connectivity index (χ0n) is 16.9. The molecular formula is C21H26ClN3O3S2. The summed E-state index contributed by atoms with van der Waals surface area (Å²) in [4.78, 5) is 12.5. The van der Waals surface area contributed by atoms with Crippen LogP contribution in [0.25, 0.3) is 0 Å². The first-order valence-electron chi connectivity index (χ1n) is 9.93. The Bertz CT molecular complexity index is 997. The van der Waals surface area contributed by atoms with Crippen LogP contribution in [0.5, 0.6) is 0 Å². The molecule has 0 atom stereocenters. The molecule has 1 saturated heterocycles. The summed E-state index contributed by atoms with van der Waals surface area (Å²) in [6.45, 7) is 2.85. The number of unbranched alkanes of at least 4 members (excludes halogenated alkanes) is 1. The van der Waals surface area contributed by atoms with E-state index in [0.717, 1.165) is 24.9 Å². The van der Waals surface area contributed by atoms with Crippen LogP contribution in [-0.4, -0.2) is 43.3 Å². The van der Waals surface area contributed by atoms with Crippen molar-refractivity contribution in [3.63, 3.8) is 0 Å². The second-order valence-corrected chi connectivity index (χ2v) is 11.3. The van der Waals surface area contributed by atoms with Gasteiger partial charge in [0.2, 0.25) is 10.0 Å². The summed E-state index contributed by atoms with van der Waals surface area (Å²) >= 11 is 5.84. The Morgan fingerprint density at radius 3 is 2.33 bits per heavy atom. The minimum absolute atomic E-state index is 0.228. The fourth-order valence-corrected chi connectivity index (χ4v) is 6.44. The Kier molecular flexibility index (Phi) is 8.05. The molecule has 9 heteroatoms. The lowest BCUT2D eigenvalue weighted by Crippen LogP contribution is -2.41. The topological polar surface area (TPSA) is 78.8 Å². The molecule has 30 heavy (non-hydrogen) atoms. The average Bonchev–Trinajstić information content (AvgIpc) is 2.74. The number of nitrogens with zero attached hydrogens (tertiary/aromatic N) is 2. The van der Waals surface area contributed by atoms with Gasteiger partial charge in [0, 0.05) is 35.3 Å². The van der Waals surface area contributed by atoms with E-state index in [1.54, 1.807) is 12.1 Å². The van der Waals surface area contributed by atoms with Crippen molar-refractivity contribution in [3.8, 4) is 0 Å². The van der Waals surface area contributed by atoms with Crippen molar-refractivity contribution < 1.29 is 13.2 Å². The van der Waals surface area contributed by atoms with E-state index in [1.165, 1.54) is 22.0 Å². The van der Waals surface area contributed by atoms with Gasteiger partial charge in [-0.15, -0.1) is 0 Å². The predicted molar refractivity (Wildman–Crippen MR) is 124 cm³/mol. The summed E-state index contributed by atoms with van der Waals surface area (Å²) in [7, 11) is -4.04. The van der Waals surface area contributed by atoms with Gasteiger partial charge in [-0.1, -0.05) is 47.8 Å². The highest BCUT2D eigenvalue weighted by Crippen LogP contribution is 2.20. The molecule has 2 amide bonds. The van der Waals surface area contributed by atoms with Crippen LogP contribution in [0.2, 0.25) is 5.02 Å². The zero-order chi connectivity index (χ0) is 21.6. The van der Waals surface area contributed by atoms with E-state index < -0.39 is 20.7 Å². The minimum atomic E-state index is -3.55. The summed E-state index contributed by atoms with van der Waals surface area (Å²) < 4.78 is 31.2. The lowest BCUT2D eigenvalue weighted by Gasteiger charge is -2.27. The maximum atomic E-state index is 12.7. The maximum Gasteiger partial charge on any atom is 0.351 e. The Labute approximate surface area is 185 Å². The Morgan fingerprint density at radius 2 is 1.73 bits per heavy atom. The van der Waals surface area contributed by atoms with Gasteiger partial charge in [0.1, 0.15) is 0 Å². The van der Waals surface area contributed by atoms with Gasteiger partial charge in [-0.05, 0) is 54.8 Å². The first-order chi connectivity index (χ1) is 14.4. The summed E-state index contributed by atoms with van der Waals surface area (Å²) in [6.07, 6.45) is 3.33. The molecule has 162 valence electrons. The molecule has 3 rings (SSSR count). The molecule has 0 bridgehead atoms. The molecule has 1 aliphatic rings. The number of carbonyl (C=O) groups is 1. The molecule has 0 spiro atoms. The normalized spacial score (nSPS) is 15.7. The molecule has 6 nitrogen and oxygen atoms in total. The van der Waals surface area contributed by atoms with Crippen LogP contribution < -0.4 is 5.32 Å². The third-order valence-corrected chi connectivity index (χ3v) is 8.74. The van der Waals surface area contributed by atoms with Crippen molar-refractivity contribution in [1.82, 2.24) is 4.31 Å². The number of nitrogens with one attached hydrogen (secondary N) is 1. The Morgan fingerprint density at radius 1 is 1.10 bits per heavy atom. The van der Waals surface area contributed by atoms with Crippen LogP contribution >= 0.6 is 11.6 Å². The lowest BCUT2D eigenvalue weighted by atomic mass is 10.1. The van der Waals surface area contributed by atoms with Crippen LogP contribution in [-0.2, 0) is 27.1 Å². The number of hydrogen-bond acceptors (Lipinski definition) is 3. The van der Waals surface area contributed by atoms with E-state index in [0.29, 0.717) is 29.6 Å². The van der Waals surface area contributed by atoms with Crippen LogP contribution in [0.15, 0.2) is 57.8 Å². The molecule has 1 heterocycles. The molecule has 0 aliphatic carbocycles. The number of amides is 2. The number of carbonyl (C=O) groups excluding carboxylic acids is 1. The van der Waals surface area contributed by atoms with Crippen LogP contribution in [0.3, 0.4) is 0 Å². The van der Waals surface area contributed by atoms with Gasteiger partial charge in [-0.3, -0.25) is 0 Å². The summed E-state index contributed by atoms with van der Waals surface area (Å²) in [5.41, 5.74) is 1.97. The second kappa shape index (κ2) is 10.5. The molecular weight excluding hydrogens is 442 g/mol. The van der Waals surface area contributed by atoms with Crippen LogP contribution in [0.4, 0.5) is 10.5 Å². The highest BCUT2D eigenvalue weighted by atomic mass is 35.5. The molecule has 0 aromatic heterocycles. The van der Waals surface area contributed by atoms with Gasteiger partial charge in [-0.25, -0.2) is 13.2 Å². The van der Waals surface area contributed by atoms with Gasteiger partial charge in [0.05, 0.1) is 4.90 Å². The van der Waals surface area contributed by atoms with Crippen LogP contribution in [0, 0.1) is 0 Å². The van der Waals surface area contributed by atoms with Crippen LogP contribution in [0.1, 0.15) is 25.3 Å². The van der Waals surface area contributed by atoms with Crippen molar-refractivity contribution in [2.45, 2.75) is 31.1 Å². The number of sulfonamides is 1. The molecule has 0 unspecified atom stereocenters. The fraction of sp³-hybridized carbons (Fsp3) is 0.381. The quantitative estimate of drug-likeness (QED) is 0.667. The Hall–Kier alpha value is -1.74. The van der Waals surface area contributed by atoms with Gasteiger partial charge >= 0.3 is 6.03 Å². The monoisotopic (exact) mass is 467 g/mol. The lowest BCUT2D eigenvalue weighted by molar-refractivity contribution is 0.260. The van der Waals surface area contributed by atoms with Crippen molar-refractivity contribution >= 4 is 44.0 Å². The zero-order valence-corrected chi connectivity index (χ0v) is 19.3. The standard InChI is InChI=1S/C21H26ClN3O3S2/c1-2-3-4-17-5-9-19(10-6-17)23-21(26)24-29-15-13-25(14-16-29)30(27,28)20-11-7-18(22)8-12-20/h5-12H,2-4,13-16H2,1H3,(H,23,26). The number of rotatable bonds is 6. The molecule has 1 N–H and O–H groups in total. The van der Waals surface area contributed by atoms with Gasteiger partial charge in [-0.2, -0.15) is 8.67 Å². The predicted octanol–water partition coefficient (Wildman–Crippen LogP) is 4.72. The van der Waals surface area contributed by atoms with Gasteiger partial charge < -0.3 is 5.32 Å². The number of halogens is 1. The molecule has 0 saturated carbocycles. The molecule has 0 radical (unpaired) electrons. The SMILES string of the molecule is CCCCc1ccc(NC(=O)N=S2CCN(S(=O)(=O)c3ccc(Cl)cc3)CC2)cc1. The van der Waals surface area contributed by atoms with Crippen molar-refractivity contribution in [2.75, 3.05) is 29.9 Å². The van der Waals surface area contributed by atoms with E-state index in [4.69, 9.17) is 11.6 Å². The summed E-state index contributed by atoms with van der Waals surface area (Å²) in [6, 6.07) is 13.6. The number of aryl methyl sites for hydroxylation is 1.